The lowest BCUT2D eigenvalue weighted by Gasteiger charge is -2.02. The summed E-state index contributed by atoms with van der Waals surface area (Å²) in [4.78, 5) is 11.3. The van der Waals surface area contributed by atoms with Crippen molar-refractivity contribution in [2.45, 2.75) is 6.92 Å². The Morgan fingerprint density at radius 3 is 2.93 bits per heavy atom. The van der Waals surface area contributed by atoms with Gasteiger partial charge in [-0.05, 0) is 47.7 Å². The number of halogens is 1. The SMILES string of the molecule is CCOC(=O)c1ccc(I)c(C#N)c1. The minimum Gasteiger partial charge on any atom is -0.462 e. The Bertz CT molecular complexity index is 396. The molecule has 0 aliphatic rings. The van der Waals surface area contributed by atoms with E-state index in [2.05, 4.69) is 0 Å². The van der Waals surface area contributed by atoms with Gasteiger partial charge in [-0.2, -0.15) is 5.26 Å². The van der Waals surface area contributed by atoms with E-state index in [0.717, 1.165) is 3.57 Å². The van der Waals surface area contributed by atoms with Crippen molar-refractivity contribution in [3.8, 4) is 6.07 Å². The fourth-order valence-corrected chi connectivity index (χ4v) is 1.41. The van der Waals surface area contributed by atoms with Crippen LogP contribution in [0.3, 0.4) is 0 Å². The van der Waals surface area contributed by atoms with Crippen molar-refractivity contribution in [1.29, 1.82) is 5.26 Å². The number of carbonyl (C=O) groups excluding carboxylic acids is 1. The highest BCUT2D eigenvalue weighted by molar-refractivity contribution is 14.1. The van der Waals surface area contributed by atoms with Crippen LogP contribution < -0.4 is 0 Å². The smallest absolute Gasteiger partial charge is 0.338 e. The van der Waals surface area contributed by atoms with Gasteiger partial charge in [0.15, 0.2) is 0 Å². The molecule has 0 heterocycles. The van der Waals surface area contributed by atoms with E-state index >= 15 is 0 Å². The van der Waals surface area contributed by atoms with Gasteiger partial charge in [-0.25, -0.2) is 4.79 Å². The van der Waals surface area contributed by atoms with E-state index in [1.165, 1.54) is 0 Å². The summed E-state index contributed by atoms with van der Waals surface area (Å²) in [6, 6.07) is 6.94. The second-order valence-corrected chi connectivity index (χ2v) is 3.69. The van der Waals surface area contributed by atoms with Crippen molar-refractivity contribution in [3.63, 3.8) is 0 Å². The summed E-state index contributed by atoms with van der Waals surface area (Å²) >= 11 is 2.05. The summed E-state index contributed by atoms with van der Waals surface area (Å²) in [6.07, 6.45) is 0. The summed E-state index contributed by atoms with van der Waals surface area (Å²) in [5.74, 6) is -0.389. The zero-order chi connectivity index (χ0) is 10.6. The Balaban J connectivity index is 3.02. The Morgan fingerprint density at radius 2 is 2.36 bits per heavy atom. The second-order valence-electron chi connectivity index (χ2n) is 2.53. The highest BCUT2D eigenvalue weighted by Crippen LogP contribution is 2.14. The number of rotatable bonds is 2. The third-order valence-corrected chi connectivity index (χ3v) is 2.54. The lowest BCUT2D eigenvalue weighted by atomic mass is 10.1. The normalized spacial score (nSPS) is 9.21. The van der Waals surface area contributed by atoms with E-state index in [1.54, 1.807) is 25.1 Å². The Morgan fingerprint density at radius 1 is 1.64 bits per heavy atom. The summed E-state index contributed by atoms with van der Waals surface area (Å²) in [5.41, 5.74) is 0.917. The van der Waals surface area contributed by atoms with Crippen molar-refractivity contribution in [2.24, 2.45) is 0 Å². The summed E-state index contributed by atoms with van der Waals surface area (Å²) < 4.78 is 5.65. The number of hydrogen-bond donors (Lipinski definition) is 0. The second kappa shape index (κ2) is 4.96. The molecule has 3 nitrogen and oxygen atoms in total. The third-order valence-electron chi connectivity index (χ3n) is 1.60. The predicted molar refractivity (Wildman–Crippen MR) is 59.8 cm³/mol. The zero-order valence-electron chi connectivity index (χ0n) is 7.58. The first-order valence-electron chi connectivity index (χ1n) is 4.05. The fraction of sp³-hybridized carbons (Fsp3) is 0.200. The largest absolute Gasteiger partial charge is 0.462 e. The molecular formula is C10H8INO2. The van der Waals surface area contributed by atoms with E-state index in [4.69, 9.17) is 10.00 Å². The maximum Gasteiger partial charge on any atom is 0.338 e. The van der Waals surface area contributed by atoms with Crippen LogP contribution in [0.4, 0.5) is 0 Å². The standard InChI is InChI=1S/C10H8INO2/c1-2-14-10(13)7-3-4-9(11)8(5-7)6-12/h3-5H,2H2,1H3. The number of benzene rings is 1. The van der Waals surface area contributed by atoms with Crippen LogP contribution in [0.1, 0.15) is 22.8 Å². The first kappa shape index (κ1) is 11.0. The molecule has 14 heavy (non-hydrogen) atoms. The topological polar surface area (TPSA) is 50.1 Å². The van der Waals surface area contributed by atoms with Gasteiger partial charge in [-0.15, -0.1) is 0 Å². The van der Waals surface area contributed by atoms with Gasteiger partial charge in [0.2, 0.25) is 0 Å². The minimum absolute atomic E-state index is 0.340. The Labute approximate surface area is 95.8 Å². The summed E-state index contributed by atoms with van der Waals surface area (Å²) in [7, 11) is 0. The lowest BCUT2D eigenvalue weighted by molar-refractivity contribution is 0.0526. The molecule has 0 aliphatic heterocycles. The number of carbonyl (C=O) groups is 1. The van der Waals surface area contributed by atoms with Crippen LogP contribution in [-0.4, -0.2) is 12.6 Å². The molecule has 0 unspecified atom stereocenters. The molecule has 4 heteroatoms. The molecule has 0 aromatic heterocycles. The molecule has 0 radical (unpaired) electrons. The van der Waals surface area contributed by atoms with Crippen LogP contribution in [0.5, 0.6) is 0 Å². The maximum atomic E-state index is 11.3. The maximum absolute atomic E-state index is 11.3. The highest BCUT2D eigenvalue weighted by atomic mass is 127. The van der Waals surface area contributed by atoms with Crippen molar-refractivity contribution >= 4 is 28.6 Å². The molecule has 0 saturated heterocycles. The monoisotopic (exact) mass is 301 g/mol. The number of hydrogen-bond acceptors (Lipinski definition) is 3. The first-order valence-corrected chi connectivity index (χ1v) is 5.13. The highest BCUT2D eigenvalue weighted by Gasteiger charge is 2.08. The van der Waals surface area contributed by atoms with Crippen molar-refractivity contribution in [2.75, 3.05) is 6.61 Å². The molecule has 0 atom stereocenters. The number of nitriles is 1. The van der Waals surface area contributed by atoms with E-state index in [-0.39, 0.29) is 5.97 Å². The number of ether oxygens (including phenoxy) is 1. The molecule has 1 aromatic rings. The van der Waals surface area contributed by atoms with Gasteiger partial charge < -0.3 is 4.74 Å². The van der Waals surface area contributed by atoms with Crippen molar-refractivity contribution in [3.05, 3.63) is 32.9 Å². The van der Waals surface area contributed by atoms with Crippen LogP contribution in [0.15, 0.2) is 18.2 Å². The van der Waals surface area contributed by atoms with E-state index in [9.17, 15) is 4.79 Å². The molecule has 0 N–H and O–H groups in total. The van der Waals surface area contributed by atoms with Crippen molar-refractivity contribution < 1.29 is 9.53 Å². The summed E-state index contributed by atoms with van der Waals surface area (Å²) in [5, 5.41) is 8.75. The van der Waals surface area contributed by atoms with Gasteiger partial charge in [0.25, 0.3) is 0 Å². The predicted octanol–water partition coefficient (Wildman–Crippen LogP) is 2.34. The van der Waals surface area contributed by atoms with E-state index < -0.39 is 0 Å². The molecule has 0 saturated carbocycles. The van der Waals surface area contributed by atoms with E-state index in [0.29, 0.717) is 17.7 Å². The van der Waals surface area contributed by atoms with Gasteiger partial charge in [-0.1, -0.05) is 0 Å². The van der Waals surface area contributed by atoms with Crippen LogP contribution in [0.2, 0.25) is 0 Å². The Hall–Kier alpha value is -1.09. The minimum atomic E-state index is -0.389. The third kappa shape index (κ3) is 2.45. The molecule has 0 aliphatic carbocycles. The number of nitrogens with zero attached hydrogens (tertiary/aromatic N) is 1. The molecule has 1 rings (SSSR count). The fourth-order valence-electron chi connectivity index (χ4n) is 0.952. The molecular weight excluding hydrogens is 293 g/mol. The molecule has 0 spiro atoms. The molecule has 0 bridgehead atoms. The quantitative estimate of drug-likeness (QED) is 0.622. The molecule has 0 fully saturated rings. The lowest BCUT2D eigenvalue weighted by Crippen LogP contribution is -2.05. The average molecular weight is 301 g/mol. The summed E-state index contributed by atoms with van der Waals surface area (Å²) in [6.45, 7) is 2.09. The van der Waals surface area contributed by atoms with Crippen LogP contribution >= 0.6 is 22.6 Å². The first-order chi connectivity index (χ1) is 6.69. The van der Waals surface area contributed by atoms with Crippen LogP contribution in [0, 0.1) is 14.9 Å². The van der Waals surface area contributed by atoms with Crippen molar-refractivity contribution in [1.82, 2.24) is 0 Å². The van der Waals surface area contributed by atoms with E-state index in [1.807, 2.05) is 28.7 Å². The van der Waals surface area contributed by atoms with Gasteiger partial charge in [0, 0.05) is 3.57 Å². The van der Waals surface area contributed by atoms with Gasteiger partial charge >= 0.3 is 5.97 Å². The Kier molecular flexibility index (Phi) is 3.89. The molecule has 0 amide bonds. The van der Waals surface area contributed by atoms with Gasteiger partial charge in [0.1, 0.15) is 6.07 Å². The van der Waals surface area contributed by atoms with Crippen LogP contribution in [0.25, 0.3) is 0 Å². The van der Waals surface area contributed by atoms with Gasteiger partial charge in [0.05, 0.1) is 17.7 Å². The van der Waals surface area contributed by atoms with Gasteiger partial charge in [-0.3, -0.25) is 0 Å². The zero-order valence-corrected chi connectivity index (χ0v) is 9.74. The number of esters is 1. The van der Waals surface area contributed by atoms with Crippen LogP contribution in [-0.2, 0) is 4.74 Å². The average Bonchev–Trinajstić information content (AvgIpc) is 2.19. The molecule has 72 valence electrons. The molecule has 1 aromatic carbocycles.